The van der Waals surface area contributed by atoms with Crippen LogP contribution in [0.25, 0.3) is 0 Å². The number of carboxylic acid groups (broad SMARTS) is 1. The molecule has 0 saturated carbocycles. The van der Waals surface area contributed by atoms with E-state index in [4.69, 9.17) is 5.11 Å². The molecule has 1 saturated heterocycles. The van der Waals surface area contributed by atoms with Gasteiger partial charge in [-0.1, -0.05) is 74.3 Å². The molecule has 0 aliphatic carbocycles. The molecule has 1 heterocycles. The number of hydrogen-bond acceptors (Lipinski definition) is 6. The number of amides is 5. The van der Waals surface area contributed by atoms with Gasteiger partial charge >= 0.3 is 12.0 Å². The Morgan fingerprint density at radius 1 is 1.05 bits per heavy atom. The Labute approximate surface area is 244 Å². The zero-order chi connectivity index (χ0) is 31.9. The summed E-state index contributed by atoms with van der Waals surface area (Å²) in [6, 6.07) is -3.82. The lowest BCUT2D eigenvalue weighted by Crippen LogP contribution is -2.60. The molecule has 234 valence electrons. The molecule has 41 heavy (non-hydrogen) atoms. The van der Waals surface area contributed by atoms with Crippen molar-refractivity contribution in [1.29, 1.82) is 0 Å². The summed E-state index contributed by atoms with van der Waals surface area (Å²) in [6.07, 6.45) is 3.60. The summed E-state index contributed by atoms with van der Waals surface area (Å²) in [5, 5.41) is 18.6. The maximum Gasteiger partial charge on any atom is 0.323 e. The lowest BCUT2D eigenvalue weighted by atomic mass is 9.85. The highest BCUT2D eigenvalue weighted by Gasteiger charge is 2.45. The van der Waals surface area contributed by atoms with Crippen LogP contribution in [-0.4, -0.2) is 83.3 Å². The fraction of sp³-hybridized carbons (Fsp3) is 0.724. The predicted octanol–water partition coefficient (Wildman–Crippen LogP) is 2.23. The molecule has 3 unspecified atom stereocenters. The van der Waals surface area contributed by atoms with Gasteiger partial charge in [0.05, 0.1) is 6.04 Å². The minimum atomic E-state index is -1.23. The fourth-order valence-electron chi connectivity index (χ4n) is 4.09. The summed E-state index contributed by atoms with van der Waals surface area (Å²) in [7, 11) is 0. The third-order valence-electron chi connectivity index (χ3n) is 6.15. The Morgan fingerprint density at radius 2 is 1.63 bits per heavy atom. The molecule has 5 amide bonds. The van der Waals surface area contributed by atoms with Crippen molar-refractivity contribution < 1.29 is 33.9 Å². The van der Waals surface area contributed by atoms with Gasteiger partial charge in [-0.3, -0.25) is 24.0 Å². The van der Waals surface area contributed by atoms with Crippen molar-refractivity contribution in [2.75, 3.05) is 19.6 Å². The van der Waals surface area contributed by atoms with Crippen LogP contribution in [0.4, 0.5) is 4.79 Å². The number of carbonyl (C=O) groups is 6. The summed E-state index contributed by atoms with van der Waals surface area (Å²) < 4.78 is 0. The zero-order valence-electron chi connectivity index (χ0n) is 26.0. The first-order valence-electron chi connectivity index (χ1n) is 14.3. The molecule has 0 aromatic carbocycles. The van der Waals surface area contributed by atoms with Gasteiger partial charge in [0.15, 0.2) is 0 Å². The van der Waals surface area contributed by atoms with E-state index in [1.807, 2.05) is 13.8 Å². The molecular formula is C29H51N5O7. The van der Waals surface area contributed by atoms with Crippen molar-refractivity contribution >= 4 is 35.5 Å². The quantitative estimate of drug-likeness (QED) is 0.164. The highest BCUT2D eigenvalue weighted by atomic mass is 16.4. The molecule has 12 nitrogen and oxygen atoms in total. The van der Waals surface area contributed by atoms with Crippen LogP contribution >= 0.6 is 0 Å². The zero-order valence-corrected chi connectivity index (χ0v) is 26.0. The number of Topliss-reactive ketones (excluding diaryl/α,β-unsaturated/α-hetero) is 1. The number of unbranched alkanes of at least 4 members (excludes halogenated alkanes) is 1. The minimum Gasteiger partial charge on any atom is -0.480 e. The SMILES string of the molecule is C=CCNC(=O)C(=O)C(CCCC)NC(=O)C1[C@@H](C)CCN1C(=O)C(NC(=O)NCC(=O)O)C(C)(C)C.CC(C)C. The van der Waals surface area contributed by atoms with Crippen LogP contribution in [0.3, 0.4) is 0 Å². The summed E-state index contributed by atoms with van der Waals surface area (Å²) in [4.78, 5) is 76.3. The highest BCUT2D eigenvalue weighted by Crippen LogP contribution is 2.29. The summed E-state index contributed by atoms with van der Waals surface area (Å²) >= 11 is 0. The average molecular weight is 582 g/mol. The Hall–Kier alpha value is -3.44. The van der Waals surface area contributed by atoms with Crippen LogP contribution in [0.2, 0.25) is 0 Å². The number of hydrogen-bond donors (Lipinski definition) is 5. The van der Waals surface area contributed by atoms with E-state index in [0.29, 0.717) is 12.8 Å². The van der Waals surface area contributed by atoms with Crippen LogP contribution in [0.1, 0.15) is 81.1 Å². The second-order valence-electron chi connectivity index (χ2n) is 12.1. The van der Waals surface area contributed by atoms with Crippen molar-refractivity contribution in [3.05, 3.63) is 12.7 Å². The standard InChI is InChI=1S/C25H41N5O7.C4H10/c1-7-9-10-16(19(33)22(35)26-12-8-2)28-21(34)18-15(3)11-13-30(18)23(36)20(25(4,5)6)29-24(37)27-14-17(31)32;1-4(2)3/h8,15-16,18,20H,2,7,9-14H2,1,3-6H3,(H,26,35)(H,28,34)(H,31,32)(H2,27,29,37);4H,1-3H3/t15-,16?,18?,20?;/m0./s1. The number of urea groups is 1. The minimum absolute atomic E-state index is 0.113. The molecule has 4 atom stereocenters. The molecule has 12 heteroatoms. The molecule has 0 spiro atoms. The van der Waals surface area contributed by atoms with E-state index in [0.717, 1.165) is 12.3 Å². The third kappa shape index (κ3) is 13.7. The fourth-order valence-corrected chi connectivity index (χ4v) is 4.09. The summed E-state index contributed by atoms with van der Waals surface area (Å²) in [6.45, 7) is 18.7. The van der Waals surface area contributed by atoms with Gasteiger partial charge in [-0.25, -0.2) is 4.79 Å². The third-order valence-corrected chi connectivity index (χ3v) is 6.15. The van der Waals surface area contributed by atoms with Gasteiger partial charge in [0.2, 0.25) is 17.6 Å². The van der Waals surface area contributed by atoms with Crippen molar-refractivity contribution in [3.8, 4) is 0 Å². The maximum atomic E-state index is 13.6. The molecule has 0 aromatic rings. The van der Waals surface area contributed by atoms with Gasteiger partial charge in [-0.05, 0) is 30.1 Å². The first-order valence-corrected chi connectivity index (χ1v) is 14.3. The maximum absolute atomic E-state index is 13.6. The van der Waals surface area contributed by atoms with E-state index >= 15 is 0 Å². The first-order chi connectivity index (χ1) is 19.0. The lowest BCUT2D eigenvalue weighted by Gasteiger charge is -2.36. The van der Waals surface area contributed by atoms with Crippen molar-refractivity contribution in [2.45, 2.75) is 99.2 Å². The molecule has 1 rings (SSSR count). The number of nitrogens with zero attached hydrogens (tertiary/aromatic N) is 1. The van der Waals surface area contributed by atoms with E-state index in [-0.39, 0.29) is 25.4 Å². The summed E-state index contributed by atoms with van der Waals surface area (Å²) in [5.74, 6) is -3.27. The monoisotopic (exact) mass is 581 g/mol. The molecular weight excluding hydrogens is 530 g/mol. The normalized spacial score (nSPS) is 17.8. The molecule has 1 aliphatic rings. The Balaban J connectivity index is 0.00000373. The number of ketones is 1. The van der Waals surface area contributed by atoms with E-state index in [9.17, 15) is 28.8 Å². The largest absolute Gasteiger partial charge is 0.480 e. The Bertz CT molecular complexity index is 926. The van der Waals surface area contributed by atoms with Crippen LogP contribution < -0.4 is 21.3 Å². The van der Waals surface area contributed by atoms with Gasteiger partial charge in [0, 0.05) is 13.1 Å². The van der Waals surface area contributed by atoms with Gasteiger partial charge in [0.25, 0.3) is 5.91 Å². The molecule has 5 N–H and O–H groups in total. The predicted molar refractivity (Wildman–Crippen MR) is 157 cm³/mol. The molecule has 0 bridgehead atoms. The molecule has 1 fully saturated rings. The molecule has 1 aliphatic heterocycles. The Morgan fingerprint density at radius 3 is 2.12 bits per heavy atom. The molecule has 0 radical (unpaired) electrons. The molecule has 0 aromatic heterocycles. The summed E-state index contributed by atoms with van der Waals surface area (Å²) in [5.41, 5.74) is -0.757. The second-order valence-corrected chi connectivity index (χ2v) is 12.1. The van der Waals surface area contributed by atoms with Gasteiger partial charge < -0.3 is 31.3 Å². The van der Waals surface area contributed by atoms with Gasteiger partial charge in [-0.2, -0.15) is 0 Å². The van der Waals surface area contributed by atoms with E-state index in [1.165, 1.54) is 11.0 Å². The van der Waals surface area contributed by atoms with Gasteiger partial charge in [-0.15, -0.1) is 6.58 Å². The number of likely N-dealkylation sites (tertiary alicyclic amines) is 1. The van der Waals surface area contributed by atoms with E-state index in [2.05, 4.69) is 48.6 Å². The van der Waals surface area contributed by atoms with E-state index in [1.54, 1.807) is 20.8 Å². The van der Waals surface area contributed by atoms with Gasteiger partial charge in [0.1, 0.15) is 18.6 Å². The smallest absolute Gasteiger partial charge is 0.323 e. The van der Waals surface area contributed by atoms with Crippen LogP contribution in [0.15, 0.2) is 12.7 Å². The van der Waals surface area contributed by atoms with Crippen molar-refractivity contribution in [3.63, 3.8) is 0 Å². The highest BCUT2D eigenvalue weighted by molar-refractivity contribution is 6.38. The van der Waals surface area contributed by atoms with Crippen molar-refractivity contribution in [1.82, 2.24) is 26.2 Å². The lowest BCUT2D eigenvalue weighted by molar-refractivity contribution is -0.144. The first kappa shape index (κ1) is 37.6. The number of carboxylic acids is 1. The van der Waals surface area contributed by atoms with E-state index < -0.39 is 65.6 Å². The average Bonchev–Trinajstić information content (AvgIpc) is 3.26. The number of nitrogens with one attached hydrogen (secondary N) is 4. The van der Waals surface area contributed by atoms with Crippen LogP contribution in [0, 0.1) is 17.3 Å². The van der Waals surface area contributed by atoms with Crippen LogP contribution in [0.5, 0.6) is 0 Å². The Kier molecular flexibility index (Phi) is 16.6. The number of rotatable bonds is 13. The number of aliphatic carboxylic acids is 1. The topological polar surface area (TPSA) is 174 Å². The van der Waals surface area contributed by atoms with Crippen LogP contribution in [-0.2, 0) is 24.0 Å². The second kappa shape index (κ2) is 18.1. The van der Waals surface area contributed by atoms with Crippen molar-refractivity contribution in [2.24, 2.45) is 17.3 Å². The number of carbonyl (C=O) groups excluding carboxylic acids is 5.